The van der Waals surface area contributed by atoms with E-state index in [2.05, 4.69) is 5.32 Å². The van der Waals surface area contributed by atoms with Gasteiger partial charge in [0.1, 0.15) is 18.3 Å². The minimum atomic E-state index is -4.48. The van der Waals surface area contributed by atoms with Crippen molar-refractivity contribution in [3.05, 3.63) is 75.2 Å². The molecule has 0 radical (unpaired) electrons. The highest BCUT2D eigenvalue weighted by Crippen LogP contribution is 2.37. The van der Waals surface area contributed by atoms with E-state index < -0.39 is 34.4 Å². The first kappa shape index (κ1) is 34.1. The number of halogens is 3. The number of nitrogens with one attached hydrogen (secondary N) is 1. The van der Waals surface area contributed by atoms with Gasteiger partial charge in [-0.25, -0.2) is 8.42 Å². The van der Waals surface area contributed by atoms with E-state index in [1.807, 2.05) is 0 Å². The number of methoxy groups -OCH3 is 3. The van der Waals surface area contributed by atoms with Gasteiger partial charge in [-0.3, -0.25) is 13.9 Å². The number of ether oxygens (including phenoxy) is 3. The molecule has 0 aromatic heterocycles. The molecule has 3 aromatic rings. The van der Waals surface area contributed by atoms with E-state index >= 15 is 0 Å². The summed E-state index contributed by atoms with van der Waals surface area (Å²) in [7, 11) is -0.325. The fourth-order valence-electron chi connectivity index (χ4n) is 4.23. The molecule has 14 heteroatoms. The first-order chi connectivity index (χ1) is 20.4. The van der Waals surface area contributed by atoms with Crippen LogP contribution in [-0.4, -0.2) is 65.6 Å². The van der Waals surface area contributed by atoms with Crippen LogP contribution >= 0.6 is 34.8 Å². The lowest BCUT2D eigenvalue weighted by molar-refractivity contribution is -0.139. The van der Waals surface area contributed by atoms with Crippen LogP contribution in [0, 0.1) is 0 Å². The summed E-state index contributed by atoms with van der Waals surface area (Å²) in [6.07, 6.45) is 0. The lowest BCUT2D eigenvalue weighted by Crippen LogP contribution is -2.51. The molecule has 1 atom stereocenters. The number of amides is 2. The maximum absolute atomic E-state index is 14.2. The van der Waals surface area contributed by atoms with Crippen LogP contribution in [0.5, 0.6) is 17.2 Å². The third-order valence-corrected chi connectivity index (χ3v) is 9.24. The van der Waals surface area contributed by atoms with Gasteiger partial charge in [0.25, 0.3) is 10.0 Å². The molecule has 0 saturated heterocycles. The van der Waals surface area contributed by atoms with Crippen LogP contribution in [0.2, 0.25) is 15.1 Å². The Morgan fingerprint density at radius 2 is 1.49 bits per heavy atom. The molecule has 0 bridgehead atoms. The average Bonchev–Trinajstić information content (AvgIpc) is 2.98. The van der Waals surface area contributed by atoms with Gasteiger partial charge in [-0.05, 0) is 56.3 Å². The molecule has 0 aliphatic carbocycles. The van der Waals surface area contributed by atoms with Gasteiger partial charge in [0.15, 0.2) is 11.5 Å². The lowest BCUT2D eigenvalue weighted by atomic mass is 10.1. The van der Waals surface area contributed by atoms with Crippen LogP contribution in [0.15, 0.2) is 59.5 Å². The van der Waals surface area contributed by atoms with E-state index in [1.54, 1.807) is 25.1 Å². The van der Waals surface area contributed by atoms with Gasteiger partial charge in [0, 0.05) is 39.8 Å². The second kappa shape index (κ2) is 14.9. The third kappa shape index (κ3) is 7.77. The van der Waals surface area contributed by atoms with E-state index in [9.17, 15) is 18.0 Å². The molecule has 0 aliphatic rings. The van der Waals surface area contributed by atoms with Crippen LogP contribution in [-0.2, 0) is 26.2 Å². The number of hydrogen-bond donors (Lipinski definition) is 1. The second-order valence-electron chi connectivity index (χ2n) is 9.14. The molecular weight excluding hydrogens is 641 g/mol. The van der Waals surface area contributed by atoms with Gasteiger partial charge >= 0.3 is 0 Å². The summed E-state index contributed by atoms with van der Waals surface area (Å²) >= 11 is 19.1. The standard InChI is InChI=1S/C29H32Cl3N3O7S/c1-6-33-29(37)18(2)34(16-21-22(31)8-7-9-23(21)32)28(36)17-35(24-14-19(30)10-12-25(24)40-3)43(38,39)20-11-13-26(41-4)27(15-20)42-5/h7-15,18H,6,16-17H2,1-5H3,(H,33,37). The lowest BCUT2D eigenvalue weighted by Gasteiger charge is -2.32. The molecule has 10 nitrogen and oxygen atoms in total. The van der Waals surface area contributed by atoms with Crippen molar-refractivity contribution >= 4 is 62.3 Å². The first-order valence-electron chi connectivity index (χ1n) is 13.0. The Morgan fingerprint density at radius 3 is 2.07 bits per heavy atom. The maximum Gasteiger partial charge on any atom is 0.265 e. The number of carbonyl (C=O) groups is 2. The van der Waals surface area contributed by atoms with Gasteiger partial charge in [-0.2, -0.15) is 0 Å². The molecule has 3 aromatic carbocycles. The SMILES string of the molecule is CCNC(=O)C(C)N(Cc1c(Cl)cccc1Cl)C(=O)CN(c1cc(Cl)ccc1OC)S(=O)(=O)c1ccc(OC)c(OC)c1. The third-order valence-electron chi connectivity index (χ3n) is 6.54. The number of benzene rings is 3. The summed E-state index contributed by atoms with van der Waals surface area (Å²) in [5, 5.41) is 3.45. The molecule has 0 fully saturated rings. The Hall–Kier alpha value is -3.38. The summed E-state index contributed by atoms with van der Waals surface area (Å²) in [4.78, 5) is 28.1. The number of nitrogens with zero attached hydrogens (tertiary/aromatic N) is 2. The largest absolute Gasteiger partial charge is 0.495 e. The van der Waals surface area contributed by atoms with Crippen molar-refractivity contribution in [2.45, 2.75) is 31.3 Å². The molecule has 3 rings (SSSR count). The zero-order valence-electron chi connectivity index (χ0n) is 24.2. The Morgan fingerprint density at radius 1 is 0.884 bits per heavy atom. The van der Waals surface area contributed by atoms with Crippen LogP contribution in [0.1, 0.15) is 19.4 Å². The zero-order valence-corrected chi connectivity index (χ0v) is 27.3. The number of likely N-dealkylation sites (N-methyl/N-ethyl adjacent to an activating group) is 1. The molecule has 2 amide bonds. The van der Waals surface area contributed by atoms with Crippen LogP contribution in [0.25, 0.3) is 0 Å². The predicted octanol–water partition coefficient (Wildman–Crippen LogP) is 5.42. The highest BCUT2D eigenvalue weighted by atomic mass is 35.5. The molecule has 0 spiro atoms. The molecule has 43 heavy (non-hydrogen) atoms. The van der Waals surface area contributed by atoms with Crippen LogP contribution in [0.3, 0.4) is 0 Å². The number of anilines is 1. The first-order valence-corrected chi connectivity index (χ1v) is 15.5. The molecule has 0 aliphatic heterocycles. The summed E-state index contributed by atoms with van der Waals surface area (Å²) < 4.78 is 45.4. The molecule has 0 saturated carbocycles. The molecule has 1 unspecified atom stereocenters. The summed E-state index contributed by atoms with van der Waals surface area (Å²) in [5.41, 5.74) is 0.393. The number of hydrogen-bond acceptors (Lipinski definition) is 7. The average molecular weight is 673 g/mol. The van der Waals surface area contributed by atoms with E-state index in [-0.39, 0.29) is 43.7 Å². The Labute approximate surface area is 266 Å². The van der Waals surface area contributed by atoms with Crippen molar-refractivity contribution in [1.82, 2.24) is 10.2 Å². The normalized spacial score (nSPS) is 11.8. The minimum absolute atomic E-state index is 0.000441. The Kier molecular flexibility index (Phi) is 11.8. The van der Waals surface area contributed by atoms with E-state index in [4.69, 9.17) is 49.0 Å². The zero-order chi connectivity index (χ0) is 31.9. The van der Waals surface area contributed by atoms with Crippen molar-refractivity contribution in [1.29, 1.82) is 0 Å². The number of carbonyl (C=O) groups excluding carboxylic acids is 2. The van der Waals surface area contributed by atoms with Crippen molar-refractivity contribution in [2.75, 3.05) is 38.7 Å². The topological polar surface area (TPSA) is 114 Å². The molecule has 1 N–H and O–H groups in total. The maximum atomic E-state index is 14.2. The highest BCUT2D eigenvalue weighted by Gasteiger charge is 2.35. The van der Waals surface area contributed by atoms with E-state index in [0.29, 0.717) is 17.9 Å². The summed E-state index contributed by atoms with van der Waals surface area (Å²) in [6.45, 7) is 2.68. The summed E-state index contributed by atoms with van der Waals surface area (Å²) in [6, 6.07) is 12.2. The fraction of sp³-hybridized carbons (Fsp3) is 0.310. The molecular formula is C29H32Cl3N3O7S. The van der Waals surface area contributed by atoms with Gasteiger partial charge in [-0.15, -0.1) is 0 Å². The predicted molar refractivity (Wildman–Crippen MR) is 167 cm³/mol. The quantitative estimate of drug-likeness (QED) is 0.258. The fourth-order valence-corrected chi connectivity index (χ4v) is 6.35. The van der Waals surface area contributed by atoms with Gasteiger partial charge in [0.2, 0.25) is 11.8 Å². The van der Waals surface area contributed by atoms with E-state index in [1.165, 1.54) is 69.6 Å². The monoisotopic (exact) mass is 671 g/mol. The van der Waals surface area contributed by atoms with Crippen molar-refractivity contribution < 1.29 is 32.2 Å². The number of sulfonamides is 1. The van der Waals surface area contributed by atoms with E-state index in [0.717, 1.165) is 4.31 Å². The minimum Gasteiger partial charge on any atom is -0.495 e. The van der Waals surface area contributed by atoms with Crippen molar-refractivity contribution in [2.24, 2.45) is 0 Å². The van der Waals surface area contributed by atoms with Crippen molar-refractivity contribution in [3.8, 4) is 17.2 Å². The van der Waals surface area contributed by atoms with Crippen molar-refractivity contribution in [3.63, 3.8) is 0 Å². The number of rotatable bonds is 13. The van der Waals surface area contributed by atoms with Crippen LogP contribution < -0.4 is 23.8 Å². The Bertz CT molecular complexity index is 1570. The molecule has 0 heterocycles. The van der Waals surface area contributed by atoms with Crippen LogP contribution in [0.4, 0.5) is 5.69 Å². The Balaban J connectivity index is 2.18. The van der Waals surface area contributed by atoms with Gasteiger partial charge < -0.3 is 24.4 Å². The van der Waals surface area contributed by atoms with Gasteiger partial charge in [0.05, 0.1) is 31.9 Å². The highest BCUT2D eigenvalue weighted by molar-refractivity contribution is 7.92. The van der Waals surface area contributed by atoms with Gasteiger partial charge in [-0.1, -0.05) is 40.9 Å². The second-order valence-corrected chi connectivity index (χ2v) is 12.3. The summed E-state index contributed by atoms with van der Waals surface area (Å²) in [5.74, 6) is -0.566. The smallest absolute Gasteiger partial charge is 0.265 e. The molecule has 232 valence electrons.